The fourth-order valence-electron chi connectivity index (χ4n) is 2.00. The molecule has 2 aromatic rings. The first-order valence-corrected chi connectivity index (χ1v) is 8.28. The standard InChI is InChI=1S/C14H16Br2N4/c1-2-3-4-5-6-12-11(9-19-14(16)20-12)10-7-17-13(15)18-8-10/h7-9H,2-6H2,1H3. The summed E-state index contributed by atoms with van der Waals surface area (Å²) in [6, 6.07) is 0. The molecule has 0 bridgehead atoms. The summed E-state index contributed by atoms with van der Waals surface area (Å²) in [5.74, 6) is 0. The Hall–Kier alpha value is -0.880. The van der Waals surface area contributed by atoms with E-state index in [1.54, 1.807) is 12.4 Å². The Balaban J connectivity index is 2.21. The van der Waals surface area contributed by atoms with Crippen molar-refractivity contribution < 1.29 is 0 Å². The normalized spacial score (nSPS) is 10.8. The number of rotatable bonds is 6. The first-order chi connectivity index (χ1) is 9.70. The highest BCUT2D eigenvalue weighted by Gasteiger charge is 2.09. The van der Waals surface area contributed by atoms with Gasteiger partial charge in [0, 0.05) is 29.7 Å². The van der Waals surface area contributed by atoms with Gasteiger partial charge in [-0.2, -0.15) is 0 Å². The Morgan fingerprint density at radius 3 is 2.30 bits per heavy atom. The fourth-order valence-corrected chi connectivity index (χ4v) is 2.52. The first kappa shape index (κ1) is 15.5. The summed E-state index contributed by atoms with van der Waals surface area (Å²) < 4.78 is 1.22. The molecule has 4 nitrogen and oxygen atoms in total. The predicted octanol–water partition coefficient (Wildman–Crippen LogP) is 4.58. The maximum atomic E-state index is 4.51. The van der Waals surface area contributed by atoms with E-state index in [0.29, 0.717) is 9.47 Å². The van der Waals surface area contributed by atoms with E-state index in [0.717, 1.165) is 29.7 Å². The summed E-state index contributed by atoms with van der Waals surface area (Å²) in [6.45, 7) is 2.21. The van der Waals surface area contributed by atoms with Gasteiger partial charge >= 0.3 is 0 Å². The van der Waals surface area contributed by atoms with E-state index in [1.807, 2.05) is 6.20 Å². The lowest BCUT2D eigenvalue weighted by molar-refractivity contribution is 0.659. The van der Waals surface area contributed by atoms with Gasteiger partial charge in [-0.1, -0.05) is 26.2 Å². The quantitative estimate of drug-likeness (QED) is 0.526. The van der Waals surface area contributed by atoms with Crippen LogP contribution in [0.15, 0.2) is 28.1 Å². The molecule has 0 aliphatic heterocycles. The average molecular weight is 400 g/mol. The van der Waals surface area contributed by atoms with Crippen LogP contribution in [-0.2, 0) is 6.42 Å². The van der Waals surface area contributed by atoms with Crippen LogP contribution in [0.3, 0.4) is 0 Å². The van der Waals surface area contributed by atoms with Gasteiger partial charge in [0.05, 0.1) is 5.69 Å². The molecule has 0 aromatic carbocycles. The molecule has 0 radical (unpaired) electrons. The predicted molar refractivity (Wildman–Crippen MR) is 86.3 cm³/mol. The number of unbranched alkanes of at least 4 members (excludes halogenated alkanes) is 3. The van der Waals surface area contributed by atoms with E-state index in [-0.39, 0.29) is 0 Å². The van der Waals surface area contributed by atoms with Crippen LogP contribution < -0.4 is 0 Å². The SMILES string of the molecule is CCCCCCc1nc(Br)ncc1-c1cnc(Br)nc1. The molecular weight excluding hydrogens is 384 g/mol. The lowest BCUT2D eigenvalue weighted by atomic mass is 10.0. The highest BCUT2D eigenvalue weighted by molar-refractivity contribution is 9.10. The van der Waals surface area contributed by atoms with Crippen LogP contribution in [0.5, 0.6) is 0 Å². The topological polar surface area (TPSA) is 51.6 Å². The maximum Gasteiger partial charge on any atom is 0.196 e. The summed E-state index contributed by atoms with van der Waals surface area (Å²) in [5, 5.41) is 0. The summed E-state index contributed by atoms with van der Waals surface area (Å²) in [5.41, 5.74) is 3.01. The second-order valence-electron chi connectivity index (χ2n) is 4.55. The average Bonchev–Trinajstić information content (AvgIpc) is 2.45. The lowest BCUT2D eigenvalue weighted by Crippen LogP contribution is -1.98. The third-order valence-corrected chi connectivity index (χ3v) is 3.83. The summed E-state index contributed by atoms with van der Waals surface area (Å²) in [6.07, 6.45) is 11.2. The van der Waals surface area contributed by atoms with Crippen LogP contribution in [0.1, 0.15) is 38.3 Å². The van der Waals surface area contributed by atoms with E-state index >= 15 is 0 Å². The zero-order chi connectivity index (χ0) is 14.4. The van der Waals surface area contributed by atoms with Crippen LogP contribution in [0.4, 0.5) is 0 Å². The molecule has 106 valence electrons. The van der Waals surface area contributed by atoms with Crippen molar-refractivity contribution in [2.45, 2.75) is 39.0 Å². The zero-order valence-corrected chi connectivity index (χ0v) is 14.5. The molecule has 0 spiro atoms. The minimum atomic E-state index is 0.587. The van der Waals surface area contributed by atoms with Crippen molar-refractivity contribution in [2.75, 3.05) is 0 Å². The van der Waals surface area contributed by atoms with Crippen molar-refractivity contribution in [1.82, 2.24) is 19.9 Å². The number of aromatic nitrogens is 4. The molecule has 0 amide bonds. The molecule has 0 saturated heterocycles. The summed E-state index contributed by atoms with van der Waals surface area (Å²) in [7, 11) is 0. The largest absolute Gasteiger partial charge is 0.230 e. The molecule has 0 N–H and O–H groups in total. The molecule has 2 rings (SSSR count). The van der Waals surface area contributed by atoms with Gasteiger partial charge in [-0.3, -0.25) is 0 Å². The molecular formula is C14H16Br2N4. The molecule has 20 heavy (non-hydrogen) atoms. The Morgan fingerprint density at radius 2 is 1.60 bits per heavy atom. The van der Waals surface area contributed by atoms with Gasteiger partial charge in [-0.05, 0) is 44.7 Å². The van der Waals surface area contributed by atoms with Crippen LogP contribution in [0.25, 0.3) is 11.1 Å². The van der Waals surface area contributed by atoms with Gasteiger partial charge in [-0.25, -0.2) is 19.9 Å². The molecule has 0 saturated carbocycles. The Morgan fingerprint density at radius 1 is 0.900 bits per heavy atom. The van der Waals surface area contributed by atoms with Crippen LogP contribution in [0, 0.1) is 0 Å². The number of aryl methyl sites for hydroxylation is 1. The van der Waals surface area contributed by atoms with Crippen LogP contribution >= 0.6 is 31.9 Å². The number of nitrogens with zero attached hydrogens (tertiary/aromatic N) is 4. The van der Waals surface area contributed by atoms with Gasteiger partial charge in [0.25, 0.3) is 0 Å². The van der Waals surface area contributed by atoms with Crippen molar-refractivity contribution in [3.63, 3.8) is 0 Å². The first-order valence-electron chi connectivity index (χ1n) is 6.70. The number of halogens is 2. The van der Waals surface area contributed by atoms with Crippen molar-refractivity contribution in [3.05, 3.63) is 33.8 Å². The number of hydrogen-bond acceptors (Lipinski definition) is 4. The van der Waals surface area contributed by atoms with Gasteiger partial charge in [0.1, 0.15) is 0 Å². The molecule has 0 aliphatic carbocycles. The molecule has 0 atom stereocenters. The lowest BCUT2D eigenvalue weighted by Gasteiger charge is -2.08. The van der Waals surface area contributed by atoms with Crippen molar-refractivity contribution in [1.29, 1.82) is 0 Å². The molecule has 6 heteroatoms. The van der Waals surface area contributed by atoms with E-state index in [9.17, 15) is 0 Å². The molecule has 2 heterocycles. The third-order valence-electron chi connectivity index (χ3n) is 3.04. The highest BCUT2D eigenvalue weighted by atomic mass is 79.9. The Bertz CT molecular complexity index is 558. The monoisotopic (exact) mass is 398 g/mol. The summed E-state index contributed by atoms with van der Waals surface area (Å²) >= 11 is 6.59. The second-order valence-corrected chi connectivity index (χ2v) is 5.97. The smallest absolute Gasteiger partial charge is 0.196 e. The van der Waals surface area contributed by atoms with Gasteiger partial charge in [0.2, 0.25) is 0 Å². The van der Waals surface area contributed by atoms with Crippen molar-refractivity contribution in [3.8, 4) is 11.1 Å². The van der Waals surface area contributed by atoms with Gasteiger partial charge < -0.3 is 0 Å². The van der Waals surface area contributed by atoms with Gasteiger partial charge in [-0.15, -0.1) is 0 Å². The zero-order valence-electron chi connectivity index (χ0n) is 11.3. The van der Waals surface area contributed by atoms with Crippen molar-refractivity contribution in [2.24, 2.45) is 0 Å². The summed E-state index contributed by atoms with van der Waals surface area (Å²) in [4.78, 5) is 17.1. The fraction of sp³-hybridized carbons (Fsp3) is 0.429. The maximum absolute atomic E-state index is 4.51. The van der Waals surface area contributed by atoms with E-state index < -0.39 is 0 Å². The van der Waals surface area contributed by atoms with Crippen LogP contribution in [-0.4, -0.2) is 19.9 Å². The second kappa shape index (κ2) is 7.78. The molecule has 0 fully saturated rings. The highest BCUT2D eigenvalue weighted by Crippen LogP contribution is 2.23. The van der Waals surface area contributed by atoms with Crippen LogP contribution in [0.2, 0.25) is 0 Å². The van der Waals surface area contributed by atoms with E-state index in [4.69, 9.17) is 0 Å². The Labute approximate surface area is 135 Å². The van der Waals surface area contributed by atoms with Gasteiger partial charge in [0.15, 0.2) is 9.47 Å². The van der Waals surface area contributed by atoms with E-state index in [1.165, 1.54) is 19.3 Å². The van der Waals surface area contributed by atoms with E-state index in [2.05, 4.69) is 58.7 Å². The minimum absolute atomic E-state index is 0.587. The molecule has 0 aliphatic rings. The third kappa shape index (κ3) is 4.31. The minimum Gasteiger partial charge on any atom is -0.230 e. The van der Waals surface area contributed by atoms with Crippen molar-refractivity contribution >= 4 is 31.9 Å². The Kier molecular flexibility index (Phi) is 6.04. The molecule has 0 unspecified atom stereocenters. The molecule has 2 aromatic heterocycles. The number of hydrogen-bond donors (Lipinski definition) is 0.